The lowest BCUT2D eigenvalue weighted by molar-refractivity contribution is 0.0697. The number of pyridine rings is 1. The molecule has 0 spiro atoms. The van der Waals surface area contributed by atoms with E-state index in [2.05, 4.69) is 10.1 Å². The number of aromatic carboxylic acids is 1. The number of aromatic nitrogens is 3. The van der Waals surface area contributed by atoms with Crippen LogP contribution in [0.25, 0.3) is 11.3 Å². The fourth-order valence-electron chi connectivity index (χ4n) is 1.54. The van der Waals surface area contributed by atoms with Crippen LogP contribution in [0, 0.1) is 0 Å². The lowest BCUT2D eigenvalue weighted by Crippen LogP contribution is -2.00. The zero-order chi connectivity index (χ0) is 12.4. The molecule has 2 rings (SSSR count). The van der Waals surface area contributed by atoms with Crippen LogP contribution in [-0.2, 0) is 0 Å². The predicted octanol–water partition coefficient (Wildman–Crippen LogP) is 2.22. The zero-order valence-electron chi connectivity index (χ0n) is 9.66. The quantitative estimate of drug-likeness (QED) is 0.879. The lowest BCUT2D eigenvalue weighted by atomic mass is 10.1. The Kier molecular flexibility index (Phi) is 2.91. The van der Waals surface area contributed by atoms with E-state index >= 15 is 0 Å². The molecule has 0 amide bonds. The Balaban J connectivity index is 2.56. The van der Waals surface area contributed by atoms with Crippen LogP contribution in [-0.4, -0.2) is 25.8 Å². The topological polar surface area (TPSA) is 68.0 Å². The molecule has 0 unspecified atom stereocenters. The summed E-state index contributed by atoms with van der Waals surface area (Å²) in [5.41, 5.74) is 1.45. The maximum absolute atomic E-state index is 11.2. The van der Waals surface area contributed by atoms with Gasteiger partial charge in [-0.2, -0.15) is 5.10 Å². The Morgan fingerprint density at radius 2 is 2.00 bits per heavy atom. The van der Waals surface area contributed by atoms with Crippen LogP contribution in [0.2, 0.25) is 0 Å². The van der Waals surface area contributed by atoms with Crippen molar-refractivity contribution >= 4 is 5.97 Å². The van der Waals surface area contributed by atoms with Crippen LogP contribution in [0.15, 0.2) is 30.7 Å². The molecule has 0 aliphatic carbocycles. The van der Waals surface area contributed by atoms with E-state index < -0.39 is 5.97 Å². The van der Waals surface area contributed by atoms with E-state index in [-0.39, 0.29) is 11.6 Å². The van der Waals surface area contributed by atoms with Gasteiger partial charge in [0.05, 0.1) is 0 Å². The first-order valence-corrected chi connectivity index (χ1v) is 5.32. The summed E-state index contributed by atoms with van der Waals surface area (Å²) in [6.07, 6.45) is 4.80. The third kappa shape index (κ3) is 2.18. The van der Waals surface area contributed by atoms with Gasteiger partial charge < -0.3 is 5.11 Å². The van der Waals surface area contributed by atoms with Gasteiger partial charge in [-0.15, -0.1) is 0 Å². The van der Waals surface area contributed by atoms with Gasteiger partial charge in [0, 0.05) is 30.2 Å². The highest BCUT2D eigenvalue weighted by atomic mass is 16.4. The molecule has 17 heavy (non-hydrogen) atoms. The van der Waals surface area contributed by atoms with Gasteiger partial charge >= 0.3 is 5.97 Å². The van der Waals surface area contributed by atoms with Crippen LogP contribution >= 0.6 is 0 Å². The van der Waals surface area contributed by atoms with Crippen molar-refractivity contribution in [3.63, 3.8) is 0 Å². The number of hydrogen-bond acceptors (Lipinski definition) is 3. The molecule has 0 bridgehead atoms. The molecule has 0 saturated heterocycles. The number of carbonyl (C=O) groups is 1. The molecule has 88 valence electrons. The van der Waals surface area contributed by atoms with E-state index in [9.17, 15) is 4.79 Å². The molecule has 2 heterocycles. The summed E-state index contributed by atoms with van der Waals surface area (Å²) in [6, 6.07) is 3.63. The average molecular weight is 231 g/mol. The Morgan fingerprint density at radius 1 is 1.35 bits per heavy atom. The molecule has 5 nitrogen and oxygen atoms in total. The molecule has 0 fully saturated rings. The van der Waals surface area contributed by atoms with E-state index in [1.54, 1.807) is 35.4 Å². The fourth-order valence-corrected chi connectivity index (χ4v) is 1.54. The van der Waals surface area contributed by atoms with Crippen molar-refractivity contribution in [2.45, 2.75) is 19.9 Å². The van der Waals surface area contributed by atoms with Crippen LogP contribution in [0.3, 0.4) is 0 Å². The van der Waals surface area contributed by atoms with Crippen LogP contribution in [0.4, 0.5) is 0 Å². The minimum atomic E-state index is -0.969. The summed E-state index contributed by atoms with van der Waals surface area (Å²) in [6.45, 7) is 3.91. The molecule has 0 aromatic carbocycles. The van der Waals surface area contributed by atoms with Crippen LogP contribution in [0.1, 0.15) is 30.2 Å². The number of carboxylic acid groups (broad SMARTS) is 1. The van der Waals surface area contributed by atoms with Gasteiger partial charge in [-0.05, 0) is 26.0 Å². The second-order valence-electron chi connectivity index (χ2n) is 4.01. The van der Waals surface area contributed by atoms with E-state index in [0.29, 0.717) is 5.69 Å². The van der Waals surface area contributed by atoms with Crippen molar-refractivity contribution in [2.24, 2.45) is 0 Å². The molecule has 5 heteroatoms. The normalized spacial score (nSPS) is 10.8. The molecule has 2 aromatic rings. The third-order valence-corrected chi connectivity index (χ3v) is 2.45. The third-order valence-electron chi connectivity index (χ3n) is 2.45. The molecule has 2 aromatic heterocycles. The Hall–Kier alpha value is -2.17. The molecule has 0 atom stereocenters. The zero-order valence-corrected chi connectivity index (χ0v) is 9.66. The van der Waals surface area contributed by atoms with Gasteiger partial charge in [0.2, 0.25) is 0 Å². The summed E-state index contributed by atoms with van der Waals surface area (Å²) in [5, 5.41) is 13.5. The molecule has 0 aliphatic rings. The first kappa shape index (κ1) is 11.3. The van der Waals surface area contributed by atoms with Crippen molar-refractivity contribution < 1.29 is 9.90 Å². The van der Waals surface area contributed by atoms with Gasteiger partial charge in [-0.1, -0.05) is 0 Å². The highest BCUT2D eigenvalue weighted by Gasteiger charge is 2.17. The van der Waals surface area contributed by atoms with E-state index in [1.165, 1.54) is 0 Å². The van der Waals surface area contributed by atoms with E-state index in [4.69, 9.17) is 5.11 Å². The summed E-state index contributed by atoms with van der Waals surface area (Å²) >= 11 is 0. The van der Waals surface area contributed by atoms with Crippen LogP contribution < -0.4 is 0 Å². The summed E-state index contributed by atoms with van der Waals surface area (Å²) in [7, 11) is 0. The molecule has 0 saturated carbocycles. The van der Waals surface area contributed by atoms with Crippen molar-refractivity contribution in [3.05, 3.63) is 36.3 Å². The smallest absolute Gasteiger partial charge is 0.339 e. The van der Waals surface area contributed by atoms with Crippen molar-refractivity contribution in [3.8, 4) is 11.3 Å². The SMILES string of the molecule is CC(C)n1cc(C(=O)O)c(-c2ccncc2)n1. The molecule has 0 aliphatic heterocycles. The Bertz CT molecular complexity index is 532. The van der Waals surface area contributed by atoms with Crippen molar-refractivity contribution in [1.29, 1.82) is 0 Å². The van der Waals surface area contributed by atoms with E-state index in [0.717, 1.165) is 5.56 Å². The fraction of sp³-hybridized carbons (Fsp3) is 0.250. The molecular weight excluding hydrogens is 218 g/mol. The standard InChI is InChI=1S/C12H13N3O2/c1-8(2)15-7-10(12(16)17)11(14-15)9-3-5-13-6-4-9/h3-8H,1-2H3,(H,16,17). The average Bonchev–Trinajstić information content (AvgIpc) is 2.75. The Labute approximate surface area is 98.7 Å². The Morgan fingerprint density at radius 3 is 2.53 bits per heavy atom. The highest BCUT2D eigenvalue weighted by molar-refractivity contribution is 5.94. The maximum Gasteiger partial charge on any atom is 0.339 e. The van der Waals surface area contributed by atoms with Crippen molar-refractivity contribution in [1.82, 2.24) is 14.8 Å². The minimum absolute atomic E-state index is 0.128. The number of carboxylic acids is 1. The second-order valence-corrected chi connectivity index (χ2v) is 4.01. The van der Waals surface area contributed by atoms with Gasteiger partial charge in [-0.3, -0.25) is 9.67 Å². The van der Waals surface area contributed by atoms with Gasteiger partial charge in [0.15, 0.2) is 0 Å². The first-order valence-electron chi connectivity index (χ1n) is 5.32. The molecule has 1 N–H and O–H groups in total. The first-order chi connectivity index (χ1) is 8.09. The summed E-state index contributed by atoms with van der Waals surface area (Å²) in [4.78, 5) is 15.1. The number of nitrogens with zero attached hydrogens (tertiary/aromatic N) is 3. The predicted molar refractivity (Wildman–Crippen MR) is 62.8 cm³/mol. The summed E-state index contributed by atoms with van der Waals surface area (Å²) in [5.74, 6) is -0.969. The second kappa shape index (κ2) is 4.37. The number of rotatable bonds is 3. The highest BCUT2D eigenvalue weighted by Crippen LogP contribution is 2.22. The maximum atomic E-state index is 11.2. The van der Waals surface area contributed by atoms with Gasteiger partial charge in [0.25, 0.3) is 0 Å². The monoisotopic (exact) mass is 231 g/mol. The van der Waals surface area contributed by atoms with Crippen molar-refractivity contribution in [2.75, 3.05) is 0 Å². The van der Waals surface area contributed by atoms with Gasteiger partial charge in [-0.25, -0.2) is 4.79 Å². The number of hydrogen-bond donors (Lipinski definition) is 1. The molecular formula is C12H13N3O2. The summed E-state index contributed by atoms with van der Waals surface area (Å²) < 4.78 is 1.65. The van der Waals surface area contributed by atoms with Crippen LogP contribution in [0.5, 0.6) is 0 Å². The molecule has 0 radical (unpaired) electrons. The lowest BCUT2D eigenvalue weighted by Gasteiger charge is -2.03. The van der Waals surface area contributed by atoms with Gasteiger partial charge in [0.1, 0.15) is 11.3 Å². The minimum Gasteiger partial charge on any atom is -0.478 e. The largest absolute Gasteiger partial charge is 0.478 e. The van der Waals surface area contributed by atoms with E-state index in [1.807, 2.05) is 13.8 Å².